The molecule has 0 aliphatic heterocycles. The van der Waals surface area contributed by atoms with Gasteiger partial charge >= 0.3 is 0 Å². The number of ether oxygens (including phenoxy) is 1. The summed E-state index contributed by atoms with van der Waals surface area (Å²) in [4.78, 5) is 28.2. The van der Waals surface area contributed by atoms with Crippen LogP contribution >= 0.6 is 34.4 Å². The molecule has 3 aromatic heterocycles. The fraction of sp³-hybridized carbons (Fsp3) is 0.263. The summed E-state index contributed by atoms with van der Waals surface area (Å²) in [7, 11) is 1.63. The first kappa shape index (κ1) is 19.1. The molecule has 0 spiro atoms. The predicted molar refractivity (Wildman–Crippen MR) is 117 cm³/mol. The number of hydrogen-bond acceptors (Lipinski definition) is 8. The zero-order valence-corrected chi connectivity index (χ0v) is 18.3. The highest BCUT2D eigenvalue weighted by molar-refractivity contribution is 8.00. The normalized spacial score (nSPS) is 11.3. The SMILES string of the molecule is COc1ccc2nc(NC(=O)CSc3nc(C)nc4sc(C)c(C)c34)sc2c1. The minimum atomic E-state index is -0.106. The van der Waals surface area contributed by atoms with E-state index in [0.29, 0.717) is 5.13 Å². The van der Waals surface area contributed by atoms with Crippen molar-refractivity contribution in [1.29, 1.82) is 0 Å². The number of fused-ring (bicyclic) bond motifs is 2. The van der Waals surface area contributed by atoms with Gasteiger partial charge < -0.3 is 10.1 Å². The largest absolute Gasteiger partial charge is 0.497 e. The molecule has 0 aliphatic rings. The number of methoxy groups -OCH3 is 1. The fourth-order valence-corrected chi connectivity index (χ4v) is 5.77. The van der Waals surface area contributed by atoms with Gasteiger partial charge in [0.15, 0.2) is 5.13 Å². The van der Waals surface area contributed by atoms with Crippen LogP contribution in [0.3, 0.4) is 0 Å². The fourth-order valence-electron chi connectivity index (χ4n) is 2.79. The zero-order valence-electron chi connectivity index (χ0n) is 15.8. The number of nitrogens with zero attached hydrogens (tertiary/aromatic N) is 3. The molecule has 1 aromatic carbocycles. The van der Waals surface area contributed by atoms with Crippen molar-refractivity contribution in [3.05, 3.63) is 34.5 Å². The van der Waals surface area contributed by atoms with E-state index >= 15 is 0 Å². The Labute approximate surface area is 174 Å². The van der Waals surface area contributed by atoms with Crippen LogP contribution in [-0.4, -0.2) is 33.7 Å². The average molecular weight is 431 g/mol. The van der Waals surface area contributed by atoms with Crippen molar-refractivity contribution in [3.8, 4) is 5.75 Å². The lowest BCUT2D eigenvalue weighted by Gasteiger charge is -2.05. The average Bonchev–Trinajstić information content (AvgIpc) is 3.18. The second kappa shape index (κ2) is 7.65. The quantitative estimate of drug-likeness (QED) is 0.356. The third-order valence-corrected chi connectivity index (χ3v) is 7.30. The molecule has 4 aromatic rings. The first-order valence-electron chi connectivity index (χ1n) is 8.56. The Hall–Kier alpha value is -2.23. The van der Waals surface area contributed by atoms with Gasteiger partial charge in [-0.25, -0.2) is 15.0 Å². The van der Waals surface area contributed by atoms with E-state index in [0.717, 1.165) is 37.0 Å². The number of thiophene rings is 1. The summed E-state index contributed by atoms with van der Waals surface area (Å²) in [6.45, 7) is 6.04. The number of aromatic nitrogens is 3. The maximum Gasteiger partial charge on any atom is 0.236 e. The number of thioether (sulfide) groups is 1. The van der Waals surface area contributed by atoms with E-state index in [4.69, 9.17) is 4.74 Å². The van der Waals surface area contributed by atoms with Crippen LogP contribution in [-0.2, 0) is 4.79 Å². The Kier molecular flexibility index (Phi) is 5.22. The molecule has 0 aliphatic carbocycles. The highest BCUT2D eigenvalue weighted by Gasteiger charge is 2.16. The van der Waals surface area contributed by atoms with Crippen LogP contribution < -0.4 is 10.1 Å². The highest BCUT2D eigenvalue weighted by Crippen LogP contribution is 2.35. The van der Waals surface area contributed by atoms with Crippen LogP contribution in [0.25, 0.3) is 20.4 Å². The molecule has 0 radical (unpaired) electrons. The summed E-state index contributed by atoms with van der Waals surface area (Å²) < 4.78 is 6.21. The summed E-state index contributed by atoms with van der Waals surface area (Å²) in [5, 5.41) is 5.38. The van der Waals surface area contributed by atoms with Crippen molar-refractivity contribution in [2.45, 2.75) is 25.8 Å². The van der Waals surface area contributed by atoms with Gasteiger partial charge in [0.1, 0.15) is 21.4 Å². The van der Waals surface area contributed by atoms with Crippen LogP contribution in [0.2, 0.25) is 0 Å². The maximum atomic E-state index is 12.5. The monoisotopic (exact) mass is 430 g/mol. The van der Waals surface area contributed by atoms with Gasteiger partial charge in [0.25, 0.3) is 0 Å². The summed E-state index contributed by atoms with van der Waals surface area (Å²) in [5.74, 6) is 1.65. The van der Waals surface area contributed by atoms with Gasteiger partial charge in [0.05, 0.1) is 23.1 Å². The van der Waals surface area contributed by atoms with E-state index in [1.54, 1.807) is 18.4 Å². The lowest BCUT2D eigenvalue weighted by molar-refractivity contribution is -0.113. The number of anilines is 1. The molecule has 0 bridgehead atoms. The highest BCUT2D eigenvalue weighted by atomic mass is 32.2. The molecule has 28 heavy (non-hydrogen) atoms. The third kappa shape index (κ3) is 3.69. The zero-order chi connectivity index (χ0) is 19.8. The molecule has 4 rings (SSSR count). The number of carbonyl (C=O) groups excluding carboxylic acids is 1. The molecule has 6 nitrogen and oxygen atoms in total. The second-order valence-electron chi connectivity index (χ2n) is 6.23. The molecule has 9 heteroatoms. The van der Waals surface area contributed by atoms with Gasteiger partial charge in [-0.05, 0) is 44.5 Å². The number of nitrogens with one attached hydrogen (secondary N) is 1. The van der Waals surface area contributed by atoms with Gasteiger partial charge in [-0.15, -0.1) is 11.3 Å². The molecule has 0 saturated carbocycles. The van der Waals surface area contributed by atoms with Crippen LogP contribution in [0, 0.1) is 20.8 Å². The number of thiazole rings is 1. The number of aryl methyl sites for hydroxylation is 3. The topological polar surface area (TPSA) is 77.0 Å². The molecule has 3 heterocycles. The Morgan fingerprint density at radius 3 is 2.79 bits per heavy atom. The van der Waals surface area contributed by atoms with E-state index < -0.39 is 0 Å². The van der Waals surface area contributed by atoms with Crippen LogP contribution in [0.5, 0.6) is 5.75 Å². The Balaban J connectivity index is 1.50. The smallest absolute Gasteiger partial charge is 0.236 e. The number of benzene rings is 1. The van der Waals surface area contributed by atoms with Crippen molar-refractivity contribution in [2.24, 2.45) is 0 Å². The first-order valence-corrected chi connectivity index (χ1v) is 11.2. The summed E-state index contributed by atoms with van der Waals surface area (Å²) >= 11 is 4.53. The van der Waals surface area contributed by atoms with Crippen molar-refractivity contribution in [3.63, 3.8) is 0 Å². The van der Waals surface area contributed by atoms with Gasteiger partial charge in [-0.2, -0.15) is 0 Å². The van der Waals surface area contributed by atoms with Gasteiger partial charge in [-0.1, -0.05) is 23.1 Å². The van der Waals surface area contributed by atoms with Crippen LogP contribution in [0.4, 0.5) is 5.13 Å². The summed E-state index contributed by atoms with van der Waals surface area (Å²) in [6, 6.07) is 5.66. The standard InChI is InChI=1S/C19H18N4O2S3/c1-9-10(2)27-18-16(9)17(20-11(3)21-18)26-8-15(24)23-19-22-13-6-5-12(25-4)7-14(13)28-19/h5-7H,8H2,1-4H3,(H,22,23,24). The Morgan fingerprint density at radius 1 is 1.18 bits per heavy atom. The lowest BCUT2D eigenvalue weighted by Crippen LogP contribution is -2.14. The number of hydrogen-bond donors (Lipinski definition) is 1. The first-order chi connectivity index (χ1) is 13.4. The van der Waals surface area contributed by atoms with E-state index in [1.165, 1.54) is 33.5 Å². The second-order valence-corrected chi connectivity index (χ2v) is 9.43. The van der Waals surface area contributed by atoms with Gasteiger partial charge in [-0.3, -0.25) is 4.79 Å². The van der Waals surface area contributed by atoms with E-state index in [-0.39, 0.29) is 11.7 Å². The molecule has 0 atom stereocenters. The molecule has 144 valence electrons. The van der Waals surface area contributed by atoms with E-state index in [1.807, 2.05) is 25.1 Å². The third-order valence-electron chi connectivity index (χ3n) is 4.29. The number of carbonyl (C=O) groups is 1. The van der Waals surface area contributed by atoms with E-state index in [9.17, 15) is 4.79 Å². The van der Waals surface area contributed by atoms with Gasteiger partial charge in [0.2, 0.25) is 5.91 Å². The summed E-state index contributed by atoms with van der Waals surface area (Å²) in [6.07, 6.45) is 0. The van der Waals surface area contributed by atoms with E-state index in [2.05, 4.69) is 34.1 Å². The maximum absolute atomic E-state index is 12.5. The molecule has 0 fully saturated rings. The Bertz CT molecular complexity index is 1200. The molecule has 1 amide bonds. The van der Waals surface area contributed by atoms with Crippen LogP contribution in [0.15, 0.2) is 23.2 Å². The molecular formula is C19H18N4O2S3. The molecular weight excluding hydrogens is 412 g/mol. The summed E-state index contributed by atoms with van der Waals surface area (Å²) in [5.41, 5.74) is 2.02. The molecule has 0 saturated heterocycles. The van der Waals surface area contributed by atoms with Gasteiger partial charge in [0, 0.05) is 10.3 Å². The number of rotatable bonds is 5. The lowest BCUT2D eigenvalue weighted by atomic mass is 10.2. The minimum Gasteiger partial charge on any atom is -0.497 e. The van der Waals surface area contributed by atoms with Crippen molar-refractivity contribution >= 4 is 65.9 Å². The van der Waals surface area contributed by atoms with Crippen molar-refractivity contribution in [2.75, 3.05) is 18.2 Å². The predicted octanol–water partition coefficient (Wildman–Crippen LogP) is 4.97. The van der Waals surface area contributed by atoms with Crippen LogP contribution in [0.1, 0.15) is 16.3 Å². The molecule has 1 N–H and O–H groups in total. The molecule has 0 unspecified atom stereocenters. The van der Waals surface area contributed by atoms with Crippen molar-refractivity contribution in [1.82, 2.24) is 15.0 Å². The minimum absolute atomic E-state index is 0.106. The van der Waals surface area contributed by atoms with Crippen molar-refractivity contribution < 1.29 is 9.53 Å². The Morgan fingerprint density at radius 2 is 2.00 bits per heavy atom. The number of amides is 1.